The zero-order valence-electron chi connectivity index (χ0n) is 25.9. The zero-order valence-corrected chi connectivity index (χ0v) is 26.7. The summed E-state index contributed by atoms with van der Waals surface area (Å²) >= 11 is 0. The third-order valence-electron chi connectivity index (χ3n) is 8.29. The molecule has 2 fully saturated rings. The van der Waals surface area contributed by atoms with Gasteiger partial charge in [-0.3, -0.25) is 19.1 Å². The van der Waals surface area contributed by atoms with E-state index in [-0.39, 0.29) is 26.0 Å². The van der Waals surface area contributed by atoms with Crippen LogP contribution in [0.25, 0.3) is 16.8 Å². The number of aromatic nitrogens is 1. The molecule has 0 unspecified atom stereocenters. The molecule has 4 amide bonds. The van der Waals surface area contributed by atoms with E-state index in [1.165, 1.54) is 24.8 Å². The Kier molecular flexibility index (Phi) is 9.66. The molecule has 4 atom stereocenters. The zero-order chi connectivity index (χ0) is 33.1. The number of fused-ring (bicyclic) bond motifs is 3. The summed E-state index contributed by atoms with van der Waals surface area (Å²) in [6, 6.07) is 5.55. The Bertz CT molecular complexity index is 1670. The number of amides is 4. The van der Waals surface area contributed by atoms with Crippen molar-refractivity contribution in [2.45, 2.75) is 81.3 Å². The molecule has 3 aliphatic rings. The highest BCUT2D eigenvalue weighted by Gasteiger charge is 2.46. The number of hydrogen-bond acceptors (Lipinski definition) is 9. The second kappa shape index (κ2) is 13.5. The van der Waals surface area contributed by atoms with Gasteiger partial charge in [-0.25, -0.2) is 18.2 Å². The van der Waals surface area contributed by atoms with Crippen LogP contribution in [0.1, 0.15) is 57.9 Å². The van der Waals surface area contributed by atoms with Crippen LogP contribution in [-0.2, 0) is 29.1 Å². The second-order valence-electron chi connectivity index (χ2n) is 12.1. The van der Waals surface area contributed by atoms with Crippen molar-refractivity contribution in [3.05, 3.63) is 54.8 Å². The fraction of sp³-hybridized carbons (Fsp3) is 0.469. The van der Waals surface area contributed by atoms with E-state index >= 15 is 0 Å². The van der Waals surface area contributed by atoms with Crippen molar-refractivity contribution < 1.29 is 37.1 Å². The standard InChI is InChI=1S/C32H39N5O8S/c1-4-14-32(3,30(40)36-46(42,43)24-11-12-24)35-27(38)26-18-23-19-37(26)29(39)20(2)34-31(41)44-16-7-5-6-8-21-9-10-22-13-15-33-28(45-23)25(22)17-21/h4,6,8-10,13,15,17,20,23-24,26H,1,5,7,11-12,14,16,18-19H2,2-3H3,(H,34,41)(H,35,38)(H,36,40)/b8-6+/t20-,23+,26-,32-/m0/s1. The highest BCUT2D eigenvalue weighted by atomic mass is 32.2. The van der Waals surface area contributed by atoms with Crippen molar-refractivity contribution in [3.63, 3.8) is 0 Å². The van der Waals surface area contributed by atoms with Crippen LogP contribution in [-0.4, -0.2) is 84.2 Å². The number of nitrogens with zero attached hydrogens (tertiary/aromatic N) is 2. The molecule has 14 heteroatoms. The Morgan fingerprint density at radius 2 is 2.02 bits per heavy atom. The van der Waals surface area contributed by atoms with Crippen LogP contribution in [0.2, 0.25) is 0 Å². The third kappa shape index (κ3) is 7.49. The maximum absolute atomic E-state index is 13.9. The van der Waals surface area contributed by atoms with Gasteiger partial charge in [0, 0.05) is 18.0 Å². The number of sulfonamides is 1. The minimum Gasteiger partial charge on any atom is -0.472 e. The number of cyclic esters (lactones) is 1. The van der Waals surface area contributed by atoms with Crippen molar-refractivity contribution in [2.75, 3.05) is 13.2 Å². The summed E-state index contributed by atoms with van der Waals surface area (Å²) in [7, 11) is -3.89. The number of alkyl carbamates (subject to hydrolysis) is 1. The average molecular weight is 654 g/mol. The van der Waals surface area contributed by atoms with Gasteiger partial charge >= 0.3 is 6.09 Å². The van der Waals surface area contributed by atoms with Gasteiger partial charge in [0.25, 0.3) is 5.91 Å². The van der Waals surface area contributed by atoms with Gasteiger partial charge in [-0.15, -0.1) is 6.58 Å². The minimum atomic E-state index is -3.89. The number of ether oxygens (including phenoxy) is 2. The van der Waals surface area contributed by atoms with Gasteiger partial charge in [0.2, 0.25) is 27.7 Å². The van der Waals surface area contributed by atoms with Crippen LogP contribution < -0.4 is 20.1 Å². The normalized spacial score (nSPS) is 24.4. The number of allylic oxidation sites excluding steroid dienone is 1. The third-order valence-corrected chi connectivity index (χ3v) is 10.1. The monoisotopic (exact) mass is 653 g/mol. The Labute approximate surface area is 267 Å². The first-order valence-corrected chi connectivity index (χ1v) is 16.9. The number of benzene rings is 1. The lowest BCUT2D eigenvalue weighted by atomic mass is 9.96. The van der Waals surface area contributed by atoms with E-state index in [0.717, 1.165) is 16.3 Å². The molecule has 3 heterocycles. The molecular weight excluding hydrogens is 614 g/mol. The molecule has 1 aromatic heterocycles. The highest BCUT2D eigenvalue weighted by Crippen LogP contribution is 2.31. The molecule has 0 radical (unpaired) electrons. The van der Waals surface area contributed by atoms with Crippen LogP contribution in [0.3, 0.4) is 0 Å². The predicted molar refractivity (Wildman–Crippen MR) is 170 cm³/mol. The van der Waals surface area contributed by atoms with Crippen molar-refractivity contribution in [3.8, 4) is 5.88 Å². The summed E-state index contributed by atoms with van der Waals surface area (Å²) in [6.45, 7) is 6.68. The van der Waals surface area contributed by atoms with Crippen molar-refractivity contribution in [1.29, 1.82) is 0 Å². The molecular formula is C32H39N5O8S. The maximum Gasteiger partial charge on any atom is 0.407 e. The lowest BCUT2D eigenvalue weighted by Gasteiger charge is -2.32. The van der Waals surface area contributed by atoms with E-state index in [0.29, 0.717) is 31.6 Å². The Balaban J connectivity index is 1.44. The summed E-state index contributed by atoms with van der Waals surface area (Å²) in [6.07, 6.45) is 7.63. The first-order valence-electron chi connectivity index (χ1n) is 15.3. The van der Waals surface area contributed by atoms with Gasteiger partial charge < -0.3 is 25.0 Å². The number of carbonyl (C=O) groups excluding carboxylic acids is 4. The van der Waals surface area contributed by atoms with Gasteiger partial charge in [-0.05, 0) is 69.0 Å². The van der Waals surface area contributed by atoms with E-state index < -0.39 is 62.8 Å². The van der Waals surface area contributed by atoms with Gasteiger partial charge in [-0.2, -0.15) is 0 Å². The van der Waals surface area contributed by atoms with E-state index in [2.05, 4.69) is 26.9 Å². The summed E-state index contributed by atoms with van der Waals surface area (Å²) in [4.78, 5) is 59.0. The van der Waals surface area contributed by atoms with Crippen LogP contribution in [0.4, 0.5) is 4.79 Å². The van der Waals surface area contributed by atoms with Crippen molar-refractivity contribution in [1.82, 2.24) is 25.2 Å². The molecule has 46 heavy (non-hydrogen) atoms. The summed E-state index contributed by atoms with van der Waals surface area (Å²) in [5.74, 6) is -1.83. The molecule has 1 saturated heterocycles. The summed E-state index contributed by atoms with van der Waals surface area (Å²) in [5.41, 5.74) is -0.766. The summed E-state index contributed by atoms with van der Waals surface area (Å²) < 4.78 is 38.7. The highest BCUT2D eigenvalue weighted by molar-refractivity contribution is 7.90. The number of nitrogens with one attached hydrogen (secondary N) is 3. The van der Waals surface area contributed by atoms with Crippen LogP contribution in [0, 0.1) is 0 Å². The molecule has 1 saturated carbocycles. The Hall–Kier alpha value is -4.46. The minimum absolute atomic E-state index is 0.0178. The topological polar surface area (TPSA) is 173 Å². The molecule has 1 aromatic carbocycles. The molecule has 2 aromatic rings. The van der Waals surface area contributed by atoms with E-state index in [1.54, 1.807) is 6.20 Å². The summed E-state index contributed by atoms with van der Waals surface area (Å²) in [5, 5.41) is 6.21. The quantitative estimate of drug-likeness (QED) is 0.380. The first-order chi connectivity index (χ1) is 21.9. The van der Waals surface area contributed by atoms with Crippen LogP contribution >= 0.6 is 0 Å². The fourth-order valence-electron chi connectivity index (χ4n) is 5.55. The van der Waals surface area contributed by atoms with Gasteiger partial charge in [0.1, 0.15) is 23.7 Å². The number of hydrogen-bond donors (Lipinski definition) is 3. The van der Waals surface area contributed by atoms with E-state index in [1.807, 2.05) is 36.4 Å². The number of carbonyl (C=O) groups is 4. The molecule has 5 rings (SSSR count). The number of rotatable bonds is 7. The molecule has 4 bridgehead atoms. The van der Waals surface area contributed by atoms with Gasteiger partial charge in [0.15, 0.2) is 0 Å². The second-order valence-corrected chi connectivity index (χ2v) is 14.1. The average Bonchev–Trinajstić information content (AvgIpc) is 3.79. The van der Waals surface area contributed by atoms with Gasteiger partial charge in [-0.1, -0.05) is 30.4 Å². The van der Waals surface area contributed by atoms with Gasteiger partial charge in [0.05, 0.1) is 18.4 Å². The lowest BCUT2D eigenvalue weighted by Crippen LogP contribution is -2.61. The molecule has 1 aliphatic carbocycles. The predicted octanol–water partition coefficient (Wildman–Crippen LogP) is 2.56. The fourth-order valence-corrected chi connectivity index (χ4v) is 6.96. The first kappa shape index (κ1) is 32.9. The number of pyridine rings is 1. The molecule has 13 nitrogen and oxygen atoms in total. The van der Waals surface area contributed by atoms with Crippen LogP contribution in [0.5, 0.6) is 5.88 Å². The SMILES string of the molecule is C=CC[C@](C)(NC(=O)[C@@H]1C[C@@H]2CN1C(=O)[C@H](C)NC(=O)OCCC/C=C/c1ccc3ccnc(c3c1)O2)C(=O)NS(=O)(=O)C1CC1. The van der Waals surface area contributed by atoms with Crippen molar-refractivity contribution >= 4 is 50.7 Å². The van der Waals surface area contributed by atoms with E-state index in [9.17, 15) is 27.6 Å². The van der Waals surface area contributed by atoms with Crippen LogP contribution in [0.15, 0.2) is 49.2 Å². The molecule has 3 N–H and O–H groups in total. The van der Waals surface area contributed by atoms with Crippen molar-refractivity contribution in [2.24, 2.45) is 0 Å². The lowest BCUT2D eigenvalue weighted by molar-refractivity contribution is -0.141. The largest absolute Gasteiger partial charge is 0.472 e. The smallest absolute Gasteiger partial charge is 0.407 e. The van der Waals surface area contributed by atoms with E-state index in [4.69, 9.17) is 9.47 Å². The maximum atomic E-state index is 13.9. The molecule has 246 valence electrons. The Morgan fingerprint density at radius 1 is 1.24 bits per heavy atom. The molecule has 0 spiro atoms. The Morgan fingerprint density at radius 3 is 2.76 bits per heavy atom. The molecule has 2 aliphatic heterocycles.